The number of ether oxygens (including phenoxy) is 1. The summed E-state index contributed by atoms with van der Waals surface area (Å²) in [6.45, 7) is 3.68. The molecule has 4 rings (SSSR count). The average molecular weight is 541 g/mol. The normalized spacial score (nSPS) is 14.3. The third-order valence-electron chi connectivity index (χ3n) is 6.35. The van der Waals surface area contributed by atoms with Gasteiger partial charge in [0.2, 0.25) is 15.9 Å². The molecule has 1 N–H and O–H groups in total. The van der Waals surface area contributed by atoms with Crippen LogP contribution in [-0.4, -0.2) is 37.8 Å². The van der Waals surface area contributed by atoms with Crippen molar-refractivity contribution in [1.82, 2.24) is 4.31 Å². The van der Waals surface area contributed by atoms with Crippen molar-refractivity contribution in [2.75, 3.05) is 18.5 Å². The first-order valence-corrected chi connectivity index (χ1v) is 13.8. The Morgan fingerprint density at radius 1 is 1.03 bits per heavy atom. The van der Waals surface area contributed by atoms with Crippen LogP contribution in [0.2, 0.25) is 5.02 Å². The number of carbonyl (C=O) groups is 2. The smallest absolute Gasteiger partial charge is 0.316 e. The molecule has 7 nitrogen and oxygen atoms in total. The van der Waals surface area contributed by atoms with Gasteiger partial charge >= 0.3 is 5.97 Å². The third kappa shape index (κ3) is 6.21. The Morgan fingerprint density at radius 3 is 2.30 bits per heavy atom. The van der Waals surface area contributed by atoms with Crippen molar-refractivity contribution < 1.29 is 22.7 Å². The lowest BCUT2D eigenvalue weighted by Crippen LogP contribution is -2.37. The van der Waals surface area contributed by atoms with Crippen molar-refractivity contribution >= 4 is 39.2 Å². The Balaban J connectivity index is 1.51. The summed E-state index contributed by atoms with van der Waals surface area (Å²) in [5.41, 5.74) is 2.50. The molecule has 0 bridgehead atoms. The summed E-state index contributed by atoms with van der Waals surface area (Å²) < 4.78 is 33.3. The standard InChI is InChI=1S/C28H29ClN2O5S/c1-3-36-27(33)28(15-16-28)22-7-11-24(12-8-22)30-26(32)19-31(18-21-6-4-5-20(2)17-21)37(34,35)25-13-9-23(29)10-14-25/h4-14,17H,3,15-16,18-19H2,1-2H3,(H,30,32). The number of halogens is 1. The zero-order valence-electron chi connectivity index (χ0n) is 20.7. The van der Waals surface area contributed by atoms with Crippen LogP contribution in [0.1, 0.15) is 36.5 Å². The summed E-state index contributed by atoms with van der Waals surface area (Å²) in [6, 6.07) is 20.4. The summed E-state index contributed by atoms with van der Waals surface area (Å²) in [4.78, 5) is 25.4. The number of amides is 1. The molecule has 0 aliphatic heterocycles. The fourth-order valence-electron chi connectivity index (χ4n) is 4.23. The Morgan fingerprint density at radius 2 is 1.70 bits per heavy atom. The molecule has 1 amide bonds. The number of sulfonamides is 1. The SMILES string of the molecule is CCOC(=O)C1(c2ccc(NC(=O)CN(Cc3cccc(C)c3)S(=O)(=O)c3ccc(Cl)cc3)cc2)CC1. The van der Waals surface area contributed by atoms with Gasteiger partial charge in [-0.25, -0.2) is 8.42 Å². The Bertz CT molecular complexity index is 1380. The van der Waals surface area contributed by atoms with Crippen LogP contribution in [0.5, 0.6) is 0 Å². The highest BCUT2D eigenvalue weighted by Gasteiger charge is 2.52. The van der Waals surface area contributed by atoms with E-state index in [4.69, 9.17) is 16.3 Å². The van der Waals surface area contributed by atoms with E-state index in [9.17, 15) is 18.0 Å². The Labute approximate surface area is 222 Å². The van der Waals surface area contributed by atoms with E-state index < -0.39 is 21.3 Å². The number of carbonyl (C=O) groups excluding carboxylic acids is 2. The van der Waals surface area contributed by atoms with Crippen molar-refractivity contribution in [2.45, 2.75) is 43.5 Å². The van der Waals surface area contributed by atoms with Gasteiger partial charge in [-0.2, -0.15) is 4.31 Å². The van der Waals surface area contributed by atoms with E-state index in [1.807, 2.05) is 31.2 Å². The fourth-order valence-corrected chi connectivity index (χ4v) is 5.74. The molecule has 1 aliphatic rings. The number of esters is 1. The number of benzene rings is 3. The first-order chi connectivity index (χ1) is 17.6. The minimum Gasteiger partial charge on any atom is -0.465 e. The van der Waals surface area contributed by atoms with Crippen molar-refractivity contribution in [2.24, 2.45) is 0 Å². The van der Waals surface area contributed by atoms with Crippen LogP contribution in [0.15, 0.2) is 77.7 Å². The van der Waals surface area contributed by atoms with Crippen molar-refractivity contribution in [1.29, 1.82) is 0 Å². The Kier molecular flexibility index (Phi) is 8.02. The van der Waals surface area contributed by atoms with Crippen molar-refractivity contribution in [3.05, 3.63) is 94.5 Å². The zero-order valence-corrected chi connectivity index (χ0v) is 22.3. The number of nitrogens with zero attached hydrogens (tertiary/aromatic N) is 1. The van der Waals surface area contributed by atoms with Gasteiger partial charge in [-0.3, -0.25) is 9.59 Å². The van der Waals surface area contributed by atoms with Crippen LogP contribution in [0.3, 0.4) is 0 Å². The summed E-state index contributed by atoms with van der Waals surface area (Å²) in [7, 11) is -3.99. The van der Waals surface area contributed by atoms with Crippen LogP contribution in [0.4, 0.5) is 5.69 Å². The van der Waals surface area contributed by atoms with Crippen LogP contribution in [0, 0.1) is 6.92 Å². The van der Waals surface area contributed by atoms with Gasteiger partial charge in [0.1, 0.15) is 0 Å². The molecule has 0 aromatic heterocycles. The first kappa shape index (κ1) is 26.9. The molecule has 194 valence electrons. The lowest BCUT2D eigenvalue weighted by atomic mass is 9.96. The van der Waals surface area contributed by atoms with Crippen molar-refractivity contribution in [3.63, 3.8) is 0 Å². The molecule has 3 aromatic carbocycles. The molecular weight excluding hydrogens is 512 g/mol. The van der Waals surface area contributed by atoms with E-state index in [0.717, 1.165) is 33.8 Å². The van der Waals surface area contributed by atoms with Crippen LogP contribution >= 0.6 is 11.6 Å². The van der Waals surface area contributed by atoms with Gasteiger partial charge in [0.25, 0.3) is 0 Å². The maximum Gasteiger partial charge on any atom is 0.316 e. The van der Waals surface area contributed by atoms with E-state index in [0.29, 0.717) is 17.3 Å². The molecule has 37 heavy (non-hydrogen) atoms. The predicted molar refractivity (Wildman–Crippen MR) is 143 cm³/mol. The summed E-state index contributed by atoms with van der Waals surface area (Å²) in [5.74, 6) is -0.713. The molecule has 0 atom stereocenters. The van der Waals surface area contributed by atoms with E-state index >= 15 is 0 Å². The highest BCUT2D eigenvalue weighted by molar-refractivity contribution is 7.89. The van der Waals surface area contributed by atoms with Gasteiger partial charge in [-0.15, -0.1) is 0 Å². The molecule has 0 unspecified atom stereocenters. The molecule has 0 heterocycles. The zero-order chi connectivity index (χ0) is 26.6. The summed E-state index contributed by atoms with van der Waals surface area (Å²) >= 11 is 5.94. The van der Waals surface area contributed by atoms with Gasteiger partial charge in [0.15, 0.2) is 0 Å². The molecule has 1 saturated carbocycles. The second-order valence-corrected chi connectivity index (χ2v) is 11.5. The van der Waals surface area contributed by atoms with Crippen LogP contribution in [0.25, 0.3) is 0 Å². The number of hydrogen-bond donors (Lipinski definition) is 1. The largest absolute Gasteiger partial charge is 0.465 e. The minimum absolute atomic E-state index is 0.0288. The summed E-state index contributed by atoms with van der Waals surface area (Å²) in [5, 5.41) is 3.19. The number of anilines is 1. The van der Waals surface area contributed by atoms with Gasteiger partial charge in [-0.1, -0.05) is 53.6 Å². The first-order valence-electron chi connectivity index (χ1n) is 12.0. The number of aryl methyl sites for hydroxylation is 1. The van der Waals surface area contributed by atoms with E-state index in [2.05, 4.69) is 5.32 Å². The van der Waals surface area contributed by atoms with Gasteiger partial charge < -0.3 is 10.1 Å². The number of nitrogens with one attached hydrogen (secondary N) is 1. The third-order valence-corrected chi connectivity index (χ3v) is 8.41. The molecule has 9 heteroatoms. The van der Waals surface area contributed by atoms with E-state index in [1.54, 1.807) is 31.2 Å². The van der Waals surface area contributed by atoms with Gasteiger partial charge in [0.05, 0.1) is 23.5 Å². The highest BCUT2D eigenvalue weighted by atomic mass is 35.5. The molecule has 0 saturated heterocycles. The lowest BCUT2D eigenvalue weighted by Gasteiger charge is -2.22. The van der Waals surface area contributed by atoms with Crippen molar-refractivity contribution in [3.8, 4) is 0 Å². The molecule has 0 radical (unpaired) electrons. The quantitative estimate of drug-likeness (QED) is 0.362. The predicted octanol–water partition coefficient (Wildman–Crippen LogP) is 5.07. The molecule has 3 aromatic rings. The Hall–Kier alpha value is -3.20. The average Bonchev–Trinajstić information content (AvgIpc) is 3.67. The van der Waals surface area contributed by atoms with Gasteiger partial charge in [-0.05, 0) is 74.2 Å². The van der Waals surface area contributed by atoms with Gasteiger partial charge in [0, 0.05) is 17.3 Å². The van der Waals surface area contributed by atoms with Crippen LogP contribution in [-0.2, 0) is 36.3 Å². The maximum absolute atomic E-state index is 13.5. The molecular formula is C28H29ClN2O5S. The topological polar surface area (TPSA) is 92.8 Å². The molecule has 0 spiro atoms. The molecule has 1 aliphatic carbocycles. The number of rotatable bonds is 10. The van der Waals surface area contributed by atoms with Crippen LogP contribution < -0.4 is 5.32 Å². The minimum atomic E-state index is -3.99. The summed E-state index contributed by atoms with van der Waals surface area (Å²) in [6.07, 6.45) is 1.46. The lowest BCUT2D eigenvalue weighted by molar-refractivity contribution is -0.146. The van der Waals surface area contributed by atoms with E-state index in [1.165, 1.54) is 24.3 Å². The highest BCUT2D eigenvalue weighted by Crippen LogP contribution is 2.49. The molecule has 1 fully saturated rings. The second kappa shape index (κ2) is 11.0. The monoisotopic (exact) mass is 540 g/mol. The number of hydrogen-bond acceptors (Lipinski definition) is 5. The van der Waals surface area contributed by atoms with E-state index in [-0.39, 0.29) is 24.0 Å². The fraction of sp³-hybridized carbons (Fsp3) is 0.286. The maximum atomic E-state index is 13.5. The second-order valence-electron chi connectivity index (χ2n) is 9.14.